The van der Waals surface area contributed by atoms with E-state index in [1.807, 2.05) is 19.1 Å². The molecule has 170 valence electrons. The highest BCUT2D eigenvalue weighted by molar-refractivity contribution is 6.36. The van der Waals surface area contributed by atoms with E-state index in [9.17, 15) is 5.11 Å². The number of nitrogens with two attached hydrogens (primary N) is 2. The molecule has 2 fully saturated rings. The van der Waals surface area contributed by atoms with Gasteiger partial charge in [0.1, 0.15) is 0 Å². The number of nitrogens with zero attached hydrogens (tertiary/aromatic N) is 5. The van der Waals surface area contributed by atoms with Crippen LogP contribution in [0.5, 0.6) is 0 Å². The molecule has 1 aliphatic carbocycles. The highest BCUT2D eigenvalue weighted by Gasteiger charge is 2.30. The Balaban J connectivity index is 1.53. The van der Waals surface area contributed by atoms with Gasteiger partial charge in [0.25, 0.3) is 0 Å². The molecule has 1 saturated carbocycles. The van der Waals surface area contributed by atoms with Crippen molar-refractivity contribution in [3.05, 3.63) is 34.6 Å². The zero-order valence-electron chi connectivity index (χ0n) is 17.9. The summed E-state index contributed by atoms with van der Waals surface area (Å²) in [6.07, 6.45) is 3.54. The molecule has 1 aliphatic heterocycles. The smallest absolute Gasteiger partial charge is 0.247 e. The lowest BCUT2D eigenvalue weighted by Crippen LogP contribution is -2.22. The molecular formula is C21H28ClN9O. The SMILES string of the molecule is C[C@@H]1CN(c2cc(CN)cc(Nc3nc(NC4CC4)c4ncc(CN)n4n3)c2Cl)C[C@H]1O. The minimum Gasteiger partial charge on any atom is -0.391 e. The molecule has 3 heterocycles. The van der Waals surface area contributed by atoms with E-state index in [4.69, 9.17) is 23.1 Å². The van der Waals surface area contributed by atoms with Crippen molar-refractivity contribution in [3.63, 3.8) is 0 Å². The molecule has 7 N–H and O–H groups in total. The van der Waals surface area contributed by atoms with Gasteiger partial charge in [-0.15, -0.1) is 5.10 Å². The minimum absolute atomic E-state index is 0.168. The normalized spacial score (nSPS) is 20.8. The maximum Gasteiger partial charge on any atom is 0.247 e. The number of rotatable bonds is 7. The van der Waals surface area contributed by atoms with Crippen LogP contribution in [0.2, 0.25) is 5.02 Å². The first-order valence-corrected chi connectivity index (χ1v) is 11.3. The summed E-state index contributed by atoms with van der Waals surface area (Å²) < 4.78 is 1.71. The van der Waals surface area contributed by atoms with Crippen LogP contribution in [-0.4, -0.2) is 49.9 Å². The third-order valence-electron chi connectivity index (χ3n) is 6.07. The molecule has 5 rings (SSSR count). The van der Waals surface area contributed by atoms with Gasteiger partial charge in [0, 0.05) is 38.1 Å². The van der Waals surface area contributed by atoms with E-state index in [0.717, 1.165) is 36.3 Å². The molecule has 1 aromatic carbocycles. The Bertz CT molecular complexity index is 1140. The second-order valence-electron chi connectivity index (χ2n) is 8.65. The van der Waals surface area contributed by atoms with Crippen molar-refractivity contribution >= 4 is 40.4 Å². The van der Waals surface area contributed by atoms with Crippen LogP contribution in [-0.2, 0) is 13.1 Å². The van der Waals surface area contributed by atoms with Gasteiger partial charge >= 0.3 is 0 Å². The number of halogens is 1. The Morgan fingerprint density at radius 3 is 2.69 bits per heavy atom. The summed E-state index contributed by atoms with van der Waals surface area (Å²) in [7, 11) is 0. The van der Waals surface area contributed by atoms with Crippen molar-refractivity contribution in [1.82, 2.24) is 19.6 Å². The number of hydrogen-bond acceptors (Lipinski definition) is 9. The van der Waals surface area contributed by atoms with Gasteiger partial charge in [0.2, 0.25) is 5.95 Å². The van der Waals surface area contributed by atoms with Crippen molar-refractivity contribution in [2.75, 3.05) is 28.6 Å². The number of aliphatic hydroxyl groups is 1. The minimum atomic E-state index is -0.387. The number of nitrogens with one attached hydrogen (secondary N) is 2. The number of aromatic nitrogens is 4. The third kappa shape index (κ3) is 3.95. The Kier molecular flexibility index (Phi) is 5.54. The molecule has 0 bridgehead atoms. The Morgan fingerprint density at radius 1 is 1.22 bits per heavy atom. The Morgan fingerprint density at radius 2 is 2.03 bits per heavy atom. The Labute approximate surface area is 191 Å². The summed E-state index contributed by atoms with van der Waals surface area (Å²) in [6, 6.07) is 4.28. The maximum absolute atomic E-state index is 10.2. The van der Waals surface area contributed by atoms with Crippen molar-refractivity contribution in [2.24, 2.45) is 17.4 Å². The molecule has 2 aliphatic rings. The van der Waals surface area contributed by atoms with Crippen LogP contribution in [0.4, 0.5) is 23.1 Å². The molecule has 0 amide bonds. The summed E-state index contributed by atoms with van der Waals surface area (Å²) in [5.74, 6) is 1.21. The summed E-state index contributed by atoms with van der Waals surface area (Å²) in [5, 5.41) is 22.1. The highest BCUT2D eigenvalue weighted by atomic mass is 35.5. The largest absolute Gasteiger partial charge is 0.391 e. The van der Waals surface area contributed by atoms with Gasteiger partial charge in [-0.3, -0.25) is 0 Å². The molecule has 0 unspecified atom stereocenters. The lowest BCUT2D eigenvalue weighted by molar-refractivity contribution is 0.157. The lowest BCUT2D eigenvalue weighted by atomic mass is 10.1. The van der Waals surface area contributed by atoms with Crippen LogP contribution in [0.25, 0.3) is 5.65 Å². The van der Waals surface area contributed by atoms with E-state index in [1.54, 1.807) is 10.7 Å². The molecule has 10 nitrogen and oxygen atoms in total. The van der Waals surface area contributed by atoms with Crippen molar-refractivity contribution in [3.8, 4) is 0 Å². The zero-order valence-corrected chi connectivity index (χ0v) is 18.7. The number of fused-ring (bicyclic) bond motifs is 1. The van der Waals surface area contributed by atoms with E-state index in [1.165, 1.54) is 0 Å². The third-order valence-corrected chi connectivity index (χ3v) is 6.47. The highest BCUT2D eigenvalue weighted by Crippen LogP contribution is 2.38. The average Bonchev–Trinajstić information content (AvgIpc) is 3.40. The predicted octanol–water partition coefficient (Wildman–Crippen LogP) is 1.83. The van der Waals surface area contributed by atoms with E-state index < -0.39 is 0 Å². The fraction of sp³-hybridized carbons (Fsp3) is 0.476. The fourth-order valence-electron chi connectivity index (χ4n) is 4.01. The molecule has 0 radical (unpaired) electrons. The van der Waals surface area contributed by atoms with E-state index in [2.05, 4.69) is 30.6 Å². The second kappa shape index (κ2) is 8.36. The van der Waals surface area contributed by atoms with Crippen molar-refractivity contribution in [1.29, 1.82) is 0 Å². The molecule has 11 heteroatoms. The number of aliphatic hydroxyl groups excluding tert-OH is 1. The van der Waals surface area contributed by atoms with Crippen LogP contribution in [0.3, 0.4) is 0 Å². The summed E-state index contributed by atoms with van der Waals surface area (Å²) in [5.41, 5.74) is 15.7. The number of imidazole rings is 1. The van der Waals surface area contributed by atoms with Gasteiger partial charge in [-0.05, 0) is 30.5 Å². The van der Waals surface area contributed by atoms with E-state index in [-0.39, 0.29) is 12.0 Å². The molecular weight excluding hydrogens is 430 g/mol. The number of anilines is 4. The molecule has 0 spiro atoms. The zero-order chi connectivity index (χ0) is 22.4. The van der Waals surface area contributed by atoms with Crippen molar-refractivity contribution < 1.29 is 5.11 Å². The molecule has 3 aromatic rings. The monoisotopic (exact) mass is 457 g/mol. The van der Waals surface area contributed by atoms with Gasteiger partial charge in [0.05, 0.1) is 34.4 Å². The van der Waals surface area contributed by atoms with Gasteiger partial charge < -0.3 is 32.1 Å². The summed E-state index contributed by atoms with van der Waals surface area (Å²) in [6.45, 7) is 3.95. The molecule has 2 atom stereocenters. The van der Waals surface area contributed by atoms with Crippen molar-refractivity contribution in [2.45, 2.75) is 45.0 Å². The molecule has 2 aromatic heterocycles. The second-order valence-corrected chi connectivity index (χ2v) is 9.02. The maximum atomic E-state index is 10.2. The first-order chi connectivity index (χ1) is 15.5. The first kappa shape index (κ1) is 21.2. The molecule has 1 saturated heterocycles. The van der Waals surface area contributed by atoms with Crippen LogP contribution < -0.4 is 27.0 Å². The summed E-state index contributed by atoms with van der Waals surface area (Å²) in [4.78, 5) is 11.2. The van der Waals surface area contributed by atoms with Gasteiger partial charge in [0.15, 0.2) is 11.5 Å². The van der Waals surface area contributed by atoms with E-state index >= 15 is 0 Å². The number of hydrogen-bond donors (Lipinski definition) is 5. The molecule has 32 heavy (non-hydrogen) atoms. The van der Waals surface area contributed by atoms with Crippen LogP contribution in [0, 0.1) is 5.92 Å². The van der Waals surface area contributed by atoms with Gasteiger partial charge in [-0.1, -0.05) is 18.5 Å². The van der Waals surface area contributed by atoms with Crippen LogP contribution >= 0.6 is 11.6 Å². The predicted molar refractivity (Wildman–Crippen MR) is 125 cm³/mol. The summed E-state index contributed by atoms with van der Waals surface area (Å²) >= 11 is 6.82. The lowest BCUT2D eigenvalue weighted by Gasteiger charge is -2.22. The van der Waals surface area contributed by atoms with E-state index in [0.29, 0.717) is 53.8 Å². The standard InChI is InChI=1S/C21H28ClN9O/c1-11-9-30(10-17(11)32)16-5-12(6-23)4-15(18(16)22)27-21-28-19(26-13-2-3-13)20-25-8-14(7-24)31(20)29-21/h4-5,8,11,13,17,32H,2-3,6-7,9-10,23-24H2,1H3,(H2,26,27,28,29)/t11-,17-/m1/s1. The van der Waals surface area contributed by atoms with Crippen LogP contribution in [0.15, 0.2) is 18.3 Å². The fourth-order valence-corrected chi connectivity index (χ4v) is 4.29. The quantitative estimate of drug-likeness (QED) is 0.359. The topological polar surface area (TPSA) is 143 Å². The Hall–Kier alpha value is -2.66. The average molecular weight is 458 g/mol. The van der Waals surface area contributed by atoms with Crippen LogP contribution in [0.1, 0.15) is 31.0 Å². The first-order valence-electron chi connectivity index (χ1n) is 10.9. The van der Waals surface area contributed by atoms with Gasteiger partial charge in [-0.25, -0.2) is 9.50 Å². The number of benzene rings is 1. The number of β-amino-alcohol motifs (C(OH)–C–C–N with tert-alkyl or cyclic N) is 1. The van der Waals surface area contributed by atoms with Gasteiger partial charge in [-0.2, -0.15) is 4.98 Å².